The number of nitrogens with one attached hydrogen (secondary N) is 1. The molecule has 0 radical (unpaired) electrons. The molecule has 1 N–H and O–H groups in total. The van der Waals surface area contributed by atoms with Crippen molar-refractivity contribution in [1.29, 1.82) is 0 Å². The Morgan fingerprint density at radius 2 is 1.95 bits per heavy atom. The lowest BCUT2D eigenvalue weighted by Gasteiger charge is -2.20. The van der Waals surface area contributed by atoms with Gasteiger partial charge in [-0.1, -0.05) is 44.2 Å². The lowest BCUT2D eigenvalue weighted by Crippen LogP contribution is -2.39. The minimum Gasteiger partial charge on any atom is -0.353 e. The summed E-state index contributed by atoms with van der Waals surface area (Å²) in [5, 5.41) is 8.31. The summed E-state index contributed by atoms with van der Waals surface area (Å²) in [7, 11) is 0. The minimum atomic E-state index is -0.0951. The lowest BCUT2D eigenvalue weighted by atomic mass is 10.1. The fourth-order valence-corrected chi connectivity index (χ4v) is 3.10. The van der Waals surface area contributed by atoms with E-state index >= 15 is 0 Å². The highest BCUT2D eigenvalue weighted by Gasteiger charge is 2.20. The van der Waals surface area contributed by atoms with E-state index in [-0.39, 0.29) is 11.8 Å². The van der Waals surface area contributed by atoms with E-state index in [1.54, 1.807) is 0 Å². The standard InChI is InChI=1S/C16H26ClN3O/c1-11(10-20-13(3)15(17)12(2)19-20)16(21)18-14-8-6-4-5-7-9-14/h11,14H,4-10H2,1-3H3,(H,18,21). The van der Waals surface area contributed by atoms with E-state index in [0.29, 0.717) is 17.6 Å². The van der Waals surface area contributed by atoms with Gasteiger partial charge in [-0.3, -0.25) is 9.48 Å². The van der Waals surface area contributed by atoms with E-state index in [0.717, 1.165) is 24.2 Å². The SMILES string of the molecule is Cc1nn(CC(C)C(=O)NC2CCCCCC2)c(C)c1Cl. The normalized spacial score (nSPS) is 18.3. The van der Waals surface area contributed by atoms with Gasteiger partial charge in [-0.2, -0.15) is 5.10 Å². The van der Waals surface area contributed by atoms with Crippen molar-refractivity contribution in [3.63, 3.8) is 0 Å². The Bertz CT molecular complexity index is 490. The van der Waals surface area contributed by atoms with Crippen LogP contribution in [-0.4, -0.2) is 21.7 Å². The maximum Gasteiger partial charge on any atom is 0.224 e. The summed E-state index contributed by atoms with van der Waals surface area (Å²) in [6, 6.07) is 0.353. The molecular formula is C16H26ClN3O. The molecule has 1 atom stereocenters. The quantitative estimate of drug-likeness (QED) is 0.863. The molecule has 0 aromatic carbocycles. The molecule has 0 saturated heterocycles. The number of amides is 1. The first-order valence-corrected chi connectivity index (χ1v) is 8.36. The maximum absolute atomic E-state index is 12.3. The summed E-state index contributed by atoms with van der Waals surface area (Å²) in [6.07, 6.45) is 7.28. The molecule has 1 aromatic rings. The molecule has 1 fully saturated rings. The van der Waals surface area contributed by atoms with Crippen LogP contribution in [0.4, 0.5) is 0 Å². The maximum atomic E-state index is 12.3. The van der Waals surface area contributed by atoms with E-state index in [1.807, 2.05) is 25.5 Å². The van der Waals surface area contributed by atoms with Crippen LogP contribution in [0.1, 0.15) is 56.8 Å². The molecule has 1 unspecified atom stereocenters. The van der Waals surface area contributed by atoms with Gasteiger partial charge in [0.2, 0.25) is 5.91 Å². The Balaban J connectivity index is 1.91. The van der Waals surface area contributed by atoms with Gasteiger partial charge in [-0.05, 0) is 26.7 Å². The molecule has 2 rings (SSSR count). The van der Waals surface area contributed by atoms with Gasteiger partial charge < -0.3 is 5.32 Å². The largest absolute Gasteiger partial charge is 0.353 e. The summed E-state index contributed by atoms with van der Waals surface area (Å²) >= 11 is 6.15. The van der Waals surface area contributed by atoms with Gasteiger partial charge in [0.15, 0.2) is 0 Å². The fraction of sp³-hybridized carbons (Fsp3) is 0.750. The average Bonchev–Trinajstić information content (AvgIpc) is 2.68. The van der Waals surface area contributed by atoms with Crippen molar-refractivity contribution in [2.24, 2.45) is 5.92 Å². The first kappa shape index (κ1) is 16.3. The van der Waals surface area contributed by atoms with Crippen LogP contribution in [0.5, 0.6) is 0 Å². The molecule has 1 aliphatic rings. The lowest BCUT2D eigenvalue weighted by molar-refractivity contribution is -0.125. The summed E-state index contributed by atoms with van der Waals surface area (Å²) in [5.74, 6) is 0.0351. The molecule has 21 heavy (non-hydrogen) atoms. The highest BCUT2D eigenvalue weighted by molar-refractivity contribution is 6.31. The Morgan fingerprint density at radius 3 is 2.48 bits per heavy atom. The number of hydrogen-bond donors (Lipinski definition) is 1. The molecule has 1 saturated carbocycles. The third-order valence-electron chi connectivity index (χ3n) is 4.39. The second-order valence-electron chi connectivity index (χ2n) is 6.27. The van der Waals surface area contributed by atoms with E-state index in [1.165, 1.54) is 25.7 Å². The molecule has 1 aromatic heterocycles. The van der Waals surface area contributed by atoms with Crippen molar-refractivity contribution in [2.45, 2.75) is 71.9 Å². The predicted molar refractivity (Wildman–Crippen MR) is 85.5 cm³/mol. The molecule has 4 nitrogen and oxygen atoms in total. The van der Waals surface area contributed by atoms with Gasteiger partial charge in [0.05, 0.1) is 28.9 Å². The van der Waals surface area contributed by atoms with Crippen LogP contribution >= 0.6 is 11.6 Å². The van der Waals surface area contributed by atoms with Crippen molar-refractivity contribution in [3.8, 4) is 0 Å². The number of aryl methyl sites for hydroxylation is 1. The van der Waals surface area contributed by atoms with Gasteiger partial charge in [0.25, 0.3) is 0 Å². The number of carbonyl (C=O) groups excluding carboxylic acids is 1. The summed E-state index contributed by atoms with van der Waals surface area (Å²) in [6.45, 7) is 6.37. The Morgan fingerprint density at radius 1 is 1.33 bits per heavy atom. The van der Waals surface area contributed by atoms with Crippen molar-refractivity contribution in [3.05, 3.63) is 16.4 Å². The van der Waals surface area contributed by atoms with Crippen LogP contribution < -0.4 is 5.32 Å². The molecule has 0 spiro atoms. The molecule has 1 amide bonds. The van der Waals surface area contributed by atoms with Gasteiger partial charge in [-0.25, -0.2) is 0 Å². The molecular weight excluding hydrogens is 286 g/mol. The number of rotatable bonds is 4. The minimum absolute atomic E-state index is 0.0951. The molecule has 0 bridgehead atoms. The monoisotopic (exact) mass is 311 g/mol. The predicted octanol–water partition coefficient (Wildman–Crippen LogP) is 3.63. The van der Waals surface area contributed by atoms with E-state index in [2.05, 4.69) is 10.4 Å². The molecule has 5 heteroatoms. The fourth-order valence-electron chi connectivity index (χ4n) is 2.96. The first-order valence-electron chi connectivity index (χ1n) is 7.99. The van der Waals surface area contributed by atoms with Gasteiger partial charge in [-0.15, -0.1) is 0 Å². The zero-order valence-electron chi connectivity index (χ0n) is 13.3. The van der Waals surface area contributed by atoms with Gasteiger partial charge in [0, 0.05) is 6.04 Å². The average molecular weight is 312 g/mol. The van der Waals surface area contributed by atoms with Crippen molar-refractivity contribution in [1.82, 2.24) is 15.1 Å². The summed E-state index contributed by atoms with van der Waals surface area (Å²) in [5.41, 5.74) is 1.76. The number of nitrogens with zero attached hydrogens (tertiary/aromatic N) is 2. The summed E-state index contributed by atoms with van der Waals surface area (Å²) in [4.78, 5) is 12.3. The van der Waals surface area contributed by atoms with Crippen molar-refractivity contribution >= 4 is 17.5 Å². The van der Waals surface area contributed by atoms with Crippen LogP contribution in [0.15, 0.2) is 0 Å². The van der Waals surface area contributed by atoms with Crippen molar-refractivity contribution < 1.29 is 4.79 Å². The second-order valence-corrected chi connectivity index (χ2v) is 6.64. The van der Waals surface area contributed by atoms with E-state index in [9.17, 15) is 4.79 Å². The van der Waals surface area contributed by atoms with Crippen LogP contribution in [0.25, 0.3) is 0 Å². The number of halogens is 1. The smallest absolute Gasteiger partial charge is 0.224 e. The van der Waals surface area contributed by atoms with Crippen LogP contribution in [0.3, 0.4) is 0 Å². The molecule has 118 valence electrons. The van der Waals surface area contributed by atoms with Crippen LogP contribution in [-0.2, 0) is 11.3 Å². The Kier molecular flexibility index (Phi) is 5.68. The van der Waals surface area contributed by atoms with Gasteiger partial charge in [0.1, 0.15) is 0 Å². The van der Waals surface area contributed by atoms with Crippen LogP contribution in [0.2, 0.25) is 5.02 Å². The zero-order valence-corrected chi connectivity index (χ0v) is 14.0. The molecule has 1 aliphatic carbocycles. The molecule has 0 aliphatic heterocycles. The third-order valence-corrected chi connectivity index (χ3v) is 4.94. The third kappa shape index (κ3) is 4.22. The van der Waals surface area contributed by atoms with Crippen molar-refractivity contribution in [2.75, 3.05) is 0 Å². The number of hydrogen-bond acceptors (Lipinski definition) is 2. The van der Waals surface area contributed by atoms with Gasteiger partial charge >= 0.3 is 0 Å². The molecule has 1 heterocycles. The van der Waals surface area contributed by atoms with E-state index < -0.39 is 0 Å². The van der Waals surface area contributed by atoms with E-state index in [4.69, 9.17) is 11.6 Å². The summed E-state index contributed by atoms with van der Waals surface area (Å²) < 4.78 is 1.84. The second kappa shape index (κ2) is 7.30. The zero-order chi connectivity index (χ0) is 15.4. The van der Waals surface area contributed by atoms with Crippen LogP contribution in [0, 0.1) is 19.8 Å². The Hall–Kier alpha value is -1.03. The first-order chi connectivity index (χ1) is 9.99. The highest BCUT2D eigenvalue weighted by Crippen LogP contribution is 2.20. The Labute approximate surface area is 132 Å². The number of aromatic nitrogens is 2. The number of carbonyl (C=O) groups is 1. The topological polar surface area (TPSA) is 46.9 Å². The highest BCUT2D eigenvalue weighted by atomic mass is 35.5.